The van der Waals surface area contributed by atoms with Gasteiger partial charge in [-0.2, -0.15) is 9.13 Å². The van der Waals surface area contributed by atoms with Crippen molar-refractivity contribution >= 4 is 58.8 Å². The molecule has 0 amide bonds. The van der Waals surface area contributed by atoms with Crippen molar-refractivity contribution < 1.29 is 13.5 Å². The number of fused-ring (bicyclic) bond motifs is 6. The molecule has 8 rings (SSSR count). The Hall–Kier alpha value is -4.45. The highest BCUT2D eigenvalue weighted by Gasteiger charge is 2.27. The smallest absolute Gasteiger partial charge is 0.188 e. The molecule has 4 aromatic heterocycles. The first kappa shape index (κ1) is 24.4. The van der Waals surface area contributed by atoms with Gasteiger partial charge < -0.3 is 0 Å². The maximum atomic E-state index is 2.44. The van der Waals surface area contributed by atoms with Crippen LogP contribution in [-0.2, 0) is 13.1 Å². The lowest BCUT2D eigenvalue weighted by molar-refractivity contribution is -0.690. The van der Waals surface area contributed by atoms with Gasteiger partial charge in [-0.1, -0.05) is 83.3 Å². The Morgan fingerprint density at radius 3 is 2.05 bits per heavy atom. The van der Waals surface area contributed by atoms with E-state index in [9.17, 15) is 0 Å². The second kappa shape index (κ2) is 9.88. The molecule has 41 heavy (non-hydrogen) atoms. The van der Waals surface area contributed by atoms with Gasteiger partial charge in [-0.15, -0.1) is 4.40 Å². The van der Waals surface area contributed by atoms with E-state index >= 15 is 0 Å². The molecule has 0 bridgehead atoms. The molecule has 0 aliphatic carbocycles. The van der Waals surface area contributed by atoms with E-state index < -0.39 is 0 Å². The van der Waals surface area contributed by atoms with Crippen molar-refractivity contribution in [1.29, 1.82) is 0 Å². The summed E-state index contributed by atoms with van der Waals surface area (Å²) in [4.78, 5) is 0. The Kier molecular flexibility index (Phi) is 5.87. The molecule has 0 atom stereocenters. The summed E-state index contributed by atoms with van der Waals surface area (Å²) in [7, 11) is 0. The highest BCUT2D eigenvalue weighted by atomic mass is 32.2. The van der Waals surface area contributed by atoms with E-state index in [-0.39, 0.29) is 0 Å². The van der Waals surface area contributed by atoms with E-state index in [1.807, 2.05) is 22.7 Å². The molecule has 0 saturated carbocycles. The minimum atomic E-state index is 0.794. The number of nitrogens with zero attached hydrogens (tertiary/aromatic N) is 3. The van der Waals surface area contributed by atoms with E-state index in [1.54, 1.807) is 0 Å². The number of aromatic nitrogens is 3. The maximum absolute atomic E-state index is 2.44. The Morgan fingerprint density at radius 2 is 1.27 bits per heavy atom. The quantitative estimate of drug-likeness (QED) is 0.150. The Labute approximate surface area is 246 Å². The average molecular weight is 567 g/mol. The van der Waals surface area contributed by atoms with Gasteiger partial charge in [-0.25, -0.2) is 0 Å². The zero-order chi connectivity index (χ0) is 27.3. The monoisotopic (exact) mass is 566 g/mol. The standard InChI is InChI=1S/C36H28N3S2/c1-25-10-2-4-14-30(25)31-15-5-3-11-28(31)22-37-20-8-12-26-18-19-27-13-9-21-38(35(27)34(26)37)23-29-24-40-36-39(29)32-16-6-7-17-33(32)41-36/h2-21,24H,22-23H2,1H3/q+3. The maximum Gasteiger partial charge on any atom is 0.326 e. The normalized spacial score (nSPS) is 11.7. The molecule has 0 aliphatic rings. The van der Waals surface area contributed by atoms with Crippen LogP contribution in [0.2, 0.25) is 0 Å². The van der Waals surface area contributed by atoms with Crippen LogP contribution in [0.25, 0.3) is 47.3 Å². The van der Waals surface area contributed by atoms with Gasteiger partial charge in [-0.3, -0.25) is 0 Å². The molecule has 8 aromatic rings. The summed E-state index contributed by atoms with van der Waals surface area (Å²) in [5.41, 5.74) is 10.3. The summed E-state index contributed by atoms with van der Waals surface area (Å²) in [6.45, 7) is 3.79. The molecule has 0 aliphatic heterocycles. The predicted molar refractivity (Wildman–Crippen MR) is 170 cm³/mol. The second-order valence-electron chi connectivity index (χ2n) is 10.6. The van der Waals surface area contributed by atoms with Crippen LogP contribution in [0.15, 0.2) is 127 Å². The highest BCUT2D eigenvalue weighted by Crippen LogP contribution is 2.28. The van der Waals surface area contributed by atoms with Crippen LogP contribution in [0.4, 0.5) is 0 Å². The third kappa shape index (κ3) is 4.12. The van der Waals surface area contributed by atoms with Gasteiger partial charge in [-0.05, 0) is 53.9 Å². The molecule has 5 heteroatoms. The van der Waals surface area contributed by atoms with E-state index in [2.05, 4.69) is 147 Å². The molecule has 0 unspecified atom stereocenters. The molecule has 0 spiro atoms. The van der Waals surface area contributed by atoms with Gasteiger partial charge in [0.1, 0.15) is 4.70 Å². The van der Waals surface area contributed by atoms with Crippen LogP contribution in [0.5, 0.6) is 0 Å². The first-order valence-corrected chi connectivity index (χ1v) is 15.6. The largest absolute Gasteiger partial charge is 0.326 e. The van der Waals surface area contributed by atoms with Crippen LogP contribution in [0.1, 0.15) is 16.8 Å². The Morgan fingerprint density at radius 1 is 0.610 bits per heavy atom. The number of rotatable bonds is 5. The van der Waals surface area contributed by atoms with Gasteiger partial charge in [0.2, 0.25) is 12.1 Å². The SMILES string of the molecule is Cc1ccccc1-c1ccccc1C[n+]1cccc2ccc3ccc[n+](Cc4csc5sc6ccccc6[n+]45)c3c21. The number of pyridine rings is 2. The lowest BCUT2D eigenvalue weighted by Crippen LogP contribution is -2.42. The topological polar surface area (TPSA) is 11.9 Å². The third-order valence-electron chi connectivity index (χ3n) is 8.07. The summed E-state index contributed by atoms with van der Waals surface area (Å²) in [6, 6.07) is 39.6. The first-order chi connectivity index (χ1) is 20.2. The van der Waals surface area contributed by atoms with E-state index in [0.29, 0.717) is 0 Å². The first-order valence-electron chi connectivity index (χ1n) is 13.9. The predicted octanol–water partition coefficient (Wildman–Crippen LogP) is 7.65. The lowest BCUT2D eigenvalue weighted by Gasteiger charge is -2.11. The van der Waals surface area contributed by atoms with Crippen LogP contribution in [-0.4, -0.2) is 0 Å². The van der Waals surface area contributed by atoms with E-state index in [4.69, 9.17) is 0 Å². The molecule has 0 radical (unpaired) electrons. The van der Waals surface area contributed by atoms with Crippen molar-refractivity contribution in [2.24, 2.45) is 0 Å². The highest BCUT2D eigenvalue weighted by molar-refractivity contribution is 7.37. The van der Waals surface area contributed by atoms with Gasteiger partial charge in [0, 0.05) is 23.8 Å². The van der Waals surface area contributed by atoms with Crippen molar-refractivity contribution in [2.75, 3.05) is 0 Å². The summed E-state index contributed by atoms with van der Waals surface area (Å²) in [5, 5.41) is 4.82. The Bertz CT molecular complexity index is 2240. The number of hydrogen-bond donors (Lipinski definition) is 0. The number of para-hydroxylation sites is 1. The number of thiazole rings is 2. The summed E-state index contributed by atoms with van der Waals surface area (Å²) >= 11 is 3.71. The van der Waals surface area contributed by atoms with Crippen molar-refractivity contribution in [3.05, 3.63) is 144 Å². The van der Waals surface area contributed by atoms with Crippen LogP contribution in [0.3, 0.4) is 0 Å². The molecule has 0 fully saturated rings. The molecule has 4 aromatic carbocycles. The molecular weight excluding hydrogens is 539 g/mol. The number of benzene rings is 4. The number of aryl methyl sites for hydroxylation is 1. The van der Waals surface area contributed by atoms with Crippen molar-refractivity contribution in [3.8, 4) is 11.1 Å². The molecule has 3 nitrogen and oxygen atoms in total. The molecule has 196 valence electrons. The molecule has 4 heterocycles. The zero-order valence-electron chi connectivity index (χ0n) is 22.7. The van der Waals surface area contributed by atoms with Crippen molar-refractivity contribution in [2.45, 2.75) is 20.0 Å². The molecular formula is C36H28N3S2+3. The summed E-state index contributed by atoms with van der Waals surface area (Å²) in [5.74, 6) is 0. The van der Waals surface area contributed by atoms with Gasteiger partial charge in [0.15, 0.2) is 18.9 Å². The van der Waals surface area contributed by atoms with Crippen LogP contribution >= 0.6 is 22.7 Å². The van der Waals surface area contributed by atoms with Crippen LogP contribution < -0.4 is 13.5 Å². The van der Waals surface area contributed by atoms with Gasteiger partial charge >= 0.3 is 4.14 Å². The second-order valence-corrected chi connectivity index (χ2v) is 12.7. The van der Waals surface area contributed by atoms with Crippen molar-refractivity contribution in [1.82, 2.24) is 0 Å². The zero-order valence-corrected chi connectivity index (χ0v) is 24.3. The Balaban J connectivity index is 1.31. The van der Waals surface area contributed by atoms with Crippen molar-refractivity contribution in [3.63, 3.8) is 0 Å². The molecule has 0 N–H and O–H groups in total. The minimum absolute atomic E-state index is 0.794. The average Bonchev–Trinajstić information content (AvgIpc) is 3.57. The van der Waals surface area contributed by atoms with Gasteiger partial charge in [0.25, 0.3) is 16.7 Å². The fraction of sp³-hybridized carbons (Fsp3) is 0.0833. The van der Waals surface area contributed by atoms with E-state index in [1.165, 1.54) is 64.1 Å². The minimum Gasteiger partial charge on any atom is -0.188 e. The van der Waals surface area contributed by atoms with Gasteiger partial charge in [0.05, 0.1) is 16.2 Å². The summed E-state index contributed by atoms with van der Waals surface area (Å²) in [6.07, 6.45) is 4.47. The fourth-order valence-corrected chi connectivity index (χ4v) is 8.39. The summed E-state index contributed by atoms with van der Waals surface area (Å²) < 4.78 is 9.96. The molecule has 0 saturated heterocycles. The number of hydrogen-bond acceptors (Lipinski definition) is 2. The van der Waals surface area contributed by atoms with E-state index in [0.717, 1.165) is 13.1 Å². The lowest BCUT2D eigenvalue weighted by atomic mass is 9.96. The van der Waals surface area contributed by atoms with Crippen LogP contribution in [0, 0.1) is 6.92 Å². The fourth-order valence-electron chi connectivity index (χ4n) is 6.15. The third-order valence-corrected chi connectivity index (χ3v) is 10.3.